The van der Waals surface area contributed by atoms with Gasteiger partial charge in [0.05, 0.1) is 0 Å². The molecule has 5 heteroatoms. The van der Waals surface area contributed by atoms with Crippen LogP contribution in [0.4, 0.5) is 0 Å². The predicted molar refractivity (Wildman–Crippen MR) is 99.2 cm³/mol. The maximum atomic E-state index is 4.58. The van der Waals surface area contributed by atoms with Gasteiger partial charge in [-0.05, 0) is 59.5 Å². The van der Waals surface area contributed by atoms with Gasteiger partial charge in [-0.15, -0.1) is 24.0 Å². The van der Waals surface area contributed by atoms with Crippen molar-refractivity contribution in [1.82, 2.24) is 15.5 Å². The lowest BCUT2D eigenvalue weighted by atomic mass is 10.0. The Bertz CT molecular complexity index is 250. The first-order valence-corrected chi connectivity index (χ1v) is 8.04. The molecule has 1 rings (SSSR count). The largest absolute Gasteiger partial charge is 0.357 e. The van der Waals surface area contributed by atoms with E-state index in [4.69, 9.17) is 0 Å². The molecule has 0 amide bonds. The minimum atomic E-state index is 0. The zero-order chi connectivity index (χ0) is 13.9. The summed E-state index contributed by atoms with van der Waals surface area (Å²) in [7, 11) is 0. The Labute approximate surface area is 142 Å². The summed E-state index contributed by atoms with van der Waals surface area (Å²) < 4.78 is 0. The second-order valence-electron chi connectivity index (χ2n) is 5.38. The topological polar surface area (TPSA) is 39.7 Å². The molecule has 1 aliphatic rings. The van der Waals surface area contributed by atoms with E-state index in [0.717, 1.165) is 31.6 Å². The Kier molecular flexibility index (Phi) is 12.7. The fourth-order valence-electron chi connectivity index (χ4n) is 2.62. The SMILES string of the molecule is CCNC(=NCCCCN1CCCCC1C)NCC.I. The highest BCUT2D eigenvalue weighted by molar-refractivity contribution is 14.0. The monoisotopic (exact) mass is 396 g/mol. The summed E-state index contributed by atoms with van der Waals surface area (Å²) in [5.41, 5.74) is 0. The van der Waals surface area contributed by atoms with Gasteiger partial charge in [0.2, 0.25) is 0 Å². The summed E-state index contributed by atoms with van der Waals surface area (Å²) in [5.74, 6) is 0.955. The maximum absolute atomic E-state index is 4.58. The zero-order valence-electron chi connectivity index (χ0n) is 13.5. The third-order valence-electron chi connectivity index (χ3n) is 3.75. The lowest BCUT2D eigenvalue weighted by Crippen LogP contribution is -2.38. The quantitative estimate of drug-likeness (QED) is 0.301. The van der Waals surface area contributed by atoms with E-state index in [9.17, 15) is 0 Å². The number of rotatable bonds is 7. The number of unbranched alkanes of at least 4 members (excludes halogenated alkanes) is 1. The van der Waals surface area contributed by atoms with Crippen molar-refractivity contribution in [3.05, 3.63) is 0 Å². The van der Waals surface area contributed by atoms with Gasteiger partial charge in [-0.2, -0.15) is 0 Å². The van der Waals surface area contributed by atoms with Crippen molar-refractivity contribution >= 4 is 29.9 Å². The molecule has 1 aliphatic heterocycles. The van der Waals surface area contributed by atoms with Crippen molar-refractivity contribution < 1.29 is 0 Å². The highest BCUT2D eigenvalue weighted by Gasteiger charge is 2.16. The fraction of sp³-hybridized carbons (Fsp3) is 0.933. The van der Waals surface area contributed by atoms with E-state index in [1.165, 1.54) is 45.2 Å². The van der Waals surface area contributed by atoms with Gasteiger partial charge in [-0.3, -0.25) is 4.99 Å². The molecule has 0 aliphatic carbocycles. The Hall–Kier alpha value is -0.0400. The molecule has 0 saturated carbocycles. The fourth-order valence-corrected chi connectivity index (χ4v) is 2.62. The molecule has 0 aromatic heterocycles. The van der Waals surface area contributed by atoms with Crippen LogP contribution in [0.1, 0.15) is 52.9 Å². The Balaban J connectivity index is 0.00000361. The Morgan fingerprint density at radius 1 is 1.15 bits per heavy atom. The first kappa shape index (κ1) is 20.0. The van der Waals surface area contributed by atoms with Crippen LogP contribution in [0.25, 0.3) is 0 Å². The second kappa shape index (κ2) is 12.7. The van der Waals surface area contributed by atoms with E-state index in [1.54, 1.807) is 0 Å². The number of hydrogen-bond donors (Lipinski definition) is 2. The average Bonchev–Trinajstić information content (AvgIpc) is 2.41. The minimum Gasteiger partial charge on any atom is -0.357 e. The molecule has 0 aromatic rings. The van der Waals surface area contributed by atoms with Gasteiger partial charge in [0, 0.05) is 25.7 Å². The van der Waals surface area contributed by atoms with Crippen LogP contribution in [0.2, 0.25) is 0 Å². The molecule has 1 atom stereocenters. The normalized spacial score (nSPS) is 19.1. The molecular formula is C15H33IN4. The number of nitrogens with one attached hydrogen (secondary N) is 2. The van der Waals surface area contributed by atoms with Crippen LogP contribution in [0, 0.1) is 0 Å². The molecule has 2 N–H and O–H groups in total. The highest BCUT2D eigenvalue weighted by Crippen LogP contribution is 2.16. The maximum Gasteiger partial charge on any atom is 0.191 e. The highest BCUT2D eigenvalue weighted by atomic mass is 127. The molecule has 4 nitrogen and oxygen atoms in total. The molecular weight excluding hydrogens is 363 g/mol. The lowest BCUT2D eigenvalue weighted by molar-refractivity contribution is 0.158. The molecule has 1 heterocycles. The average molecular weight is 396 g/mol. The summed E-state index contributed by atoms with van der Waals surface area (Å²) in [6.45, 7) is 11.9. The van der Waals surface area contributed by atoms with Crippen LogP contribution >= 0.6 is 24.0 Å². The van der Waals surface area contributed by atoms with E-state index >= 15 is 0 Å². The lowest BCUT2D eigenvalue weighted by Gasteiger charge is -2.33. The van der Waals surface area contributed by atoms with Gasteiger partial charge in [0.15, 0.2) is 5.96 Å². The molecule has 1 fully saturated rings. The van der Waals surface area contributed by atoms with Gasteiger partial charge < -0.3 is 15.5 Å². The van der Waals surface area contributed by atoms with Crippen LogP contribution in [-0.2, 0) is 0 Å². The van der Waals surface area contributed by atoms with E-state index in [2.05, 4.69) is 41.3 Å². The Morgan fingerprint density at radius 3 is 2.45 bits per heavy atom. The van der Waals surface area contributed by atoms with Gasteiger partial charge in [0.25, 0.3) is 0 Å². The number of piperidine rings is 1. The number of likely N-dealkylation sites (tertiary alicyclic amines) is 1. The number of guanidine groups is 1. The number of nitrogens with zero attached hydrogens (tertiary/aromatic N) is 2. The standard InChI is InChI=1S/C15H32N4.HI/c1-4-16-15(17-5-2)18-11-7-9-13-19-12-8-6-10-14(19)3;/h14H,4-13H2,1-3H3,(H2,16,17,18);1H. The van der Waals surface area contributed by atoms with Crippen molar-refractivity contribution in [2.24, 2.45) is 4.99 Å². The third kappa shape index (κ3) is 8.29. The number of aliphatic imine (C=N–C) groups is 1. The smallest absolute Gasteiger partial charge is 0.191 e. The Morgan fingerprint density at radius 2 is 1.85 bits per heavy atom. The molecule has 0 spiro atoms. The first-order valence-electron chi connectivity index (χ1n) is 8.04. The van der Waals surface area contributed by atoms with Gasteiger partial charge in [-0.25, -0.2) is 0 Å². The van der Waals surface area contributed by atoms with Crippen LogP contribution in [-0.4, -0.2) is 49.6 Å². The van der Waals surface area contributed by atoms with Crippen molar-refractivity contribution in [3.63, 3.8) is 0 Å². The molecule has 20 heavy (non-hydrogen) atoms. The van der Waals surface area contributed by atoms with Crippen molar-refractivity contribution in [3.8, 4) is 0 Å². The molecule has 120 valence electrons. The van der Waals surface area contributed by atoms with E-state index in [0.29, 0.717) is 0 Å². The summed E-state index contributed by atoms with van der Waals surface area (Å²) >= 11 is 0. The van der Waals surface area contributed by atoms with Crippen LogP contribution < -0.4 is 10.6 Å². The van der Waals surface area contributed by atoms with Crippen molar-refractivity contribution in [1.29, 1.82) is 0 Å². The number of halogens is 1. The second-order valence-corrected chi connectivity index (χ2v) is 5.38. The molecule has 0 aromatic carbocycles. The van der Waals surface area contributed by atoms with Crippen molar-refractivity contribution in [2.75, 3.05) is 32.7 Å². The van der Waals surface area contributed by atoms with Gasteiger partial charge in [-0.1, -0.05) is 6.42 Å². The van der Waals surface area contributed by atoms with Crippen molar-refractivity contribution in [2.45, 2.75) is 58.9 Å². The molecule has 1 saturated heterocycles. The third-order valence-corrected chi connectivity index (χ3v) is 3.75. The van der Waals surface area contributed by atoms with Gasteiger partial charge >= 0.3 is 0 Å². The molecule has 0 bridgehead atoms. The minimum absolute atomic E-state index is 0. The van der Waals surface area contributed by atoms with Crippen LogP contribution in [0.5, 0.6) is 0 Å². The van der Waals surface area contributed by atoms with Gasteiger partial charge in [0.1, 0.15) is 0 Å². The first-order chi connectivity index (χ1) is 9.27. The van der Waals surface area contributed by atoms with E-state index < -0.39 is 0 Å². The summed E-state index contributed by atoms with van der Waals surface area (Å²) in [6, 6.07) is 0.788. The summed E-state index contributed by atoms with van der Waals surface area (Å²) in [4.78, 5) is 7.22. The molecule has 0 radical (unpaired) electrons. The van der Waals surface area contributed by atoms with E-state index in [-0.39, 0.29) is 24.0 Å². The van der Waals surface area contributed by atoms with Crippen LogP contribution in [0.15, 0.2) is 4.99 Å². The summed E-state index contributed by atoms with van der Waals surface area (Å²) in [5, 5.41) is 6.52. The van der Waals surface area contributed by atoms with Crippen LogP contribution in [0.3, 0.4) is 0 Å². The van der Waals surface area contributed by atoms with E-state index in [1.807, 2.05) is 0 Å². The number of hydrogen-bond acceptors (Lipinski definition) is 2. The molecule has 1 unspecified atom stereocenters. The zero-order valence-corrected chi connectivity index (χ0v) is 15.8. The predicted octanol–water partition coefficient (Wildman–Crippen LogP) is 2.83. The summed E-state index contributed by atoms with van der Waals surface area (Å²) in [6.07, 6.45) is 6.62.